The van der Waals surface area contributed by atoms with Gasteiger partial charge in [-0.1, -0.05) is 13.0 Å². The molecule has 5 heteroatoms. The minimum atomic E-state index is -0.641. The molecular formula is C14H15ClFNO2. The van der Waals surface area contributed by atoms with Crippen LogP contribution in [-0.2, 0) is 4.79 Å². The third-order valence-electron chi connectivity index (χ3n) is 3.39. The molecule has 0 saturated heterocycles. The molecule has 19 heavy (non-hydrogen) atoms. The van der Waals surface area contributed by atoms with E-state index in [0.717, 1.165) is 6.42 Å². The molecule has 0 spiro atoms. The molecule has 0 N–H and O–H groups in total. The maximum Gasteiger partial charge on any atom is 0.299 e. The molecule has 3 nitrogen and oxygen atoms in total. The molecule has 0 fully saturated rings. The van der Waals surface area contributed by atoms with Crippen LogP contribution < -0.4 is 4.90 Å². The normalized spacial score (nSPS) is 15.8. The first-order valence-corrected chi connectivity index (χ1v) is 6.80. The van der Waals surface area contributed by atoms with Crippen LogP contribution in [0, 0.1) is 11.7 Å². The lowest BCUT2D eigenvalue weighted by Gasteiger charge is -2.19. The number of carbonyl (C=O) groups is 2. The van der Waals surface area contributed by atoms with Crippen molar-refractivity contribution in [2.75, 3.05) is 17.3 Å². The molecule has 1 aromatic rings. The number of Topliss-reactive ketones (excluding diaryl/α,β-unsaturated/α-hetero) is 1. The molecule has 102 valence electrons. The topological polar surface area (TPSA) is 37.4 Å². The molecule has 1 unspecified atom stereocenters. The fraction of sp³-hybridized carbons (Fsp3) is 0.429. The molecule has 0 radical (unpaired) electrons. The number of anilines is 1. The number of alkyl halides is 1. The molecule has 0 aromatic heterocycles. The number of ketones is 1. The predicted octanol–water partition coefficient (Wildman–Crippen LogP) is 3.01. The number of fused-ring (bicyclic) bond motifs is 1. The zero-order valence-corrected chi connectivity index (χ0v) is 11.4. The van der Waals surface area contributed by atoms with E-state index in [4.69, 9.17) is 11.6 Å². The fourth-order valence-corrected chi connectivity index (χ4v) is 2.58. The lowest BCUT2D eigenvalue weighted by molar-refractivity contribution is -0.114. The van der Waals surface area contributed by atoms with E-state index in [9.17, 15) is 14.0 Å². The second kappa shape index (κ2) is 5.70. The maximum absolute atomic E-state index is 13.8. The Hall–Kier alpha value is -1.42. The van der Waals surface area contributed by atoms with Gasteiger partial charge in [0.15, 0.2) is 0 Å². The highest BCUT2D eigenvalue weighted by molar-refractivity contribution is 6.52. The molecule has 1 atom stereocenters. The van der Waals surface area contributed by atoms with Crippen LogP contribution in [0.25, 0.3) is 0 Å². The van der Waals surface area contributed by atoms with E-state index in [1.165, 1.54) is 23.1 Å². The Bertz CT molecular complexity index is 518. The van der Waals surface area contributed by atoms with Gasteiger partial charge in [-0.25, -0.2) is 4.39 Å². The van der Waals surface area contributed by atoms with Crippen molar-refractivity contribution < 1.29 is 14.0 Å². The minimum Gasteiger partial charge on any atom is -0.302 e. The summed E-state index contributed by atoms with van der Waals surface area (Å²) in [5, 5.41) is 0. The first kappa shape index (κ1) is 14.0. The van der Waals surface area contributed by atoms with Crippen LogP contribution in [0.2, 0.25) is 0 Å². The number of hydrogen-bond acceptors (Lipinski definition) is 2. The quantitative estimate of drug-likeness (QED) is 0.615. The van der Waals surface area contributed by atoms with E-state index in [0.29, 0.717) is 24.8 Å². The number of para-hydroxylation sites is 1. The lowest BCUT2D eigenvalue weighted by Crippen LogP contribution is -2.32. The van der Waals surface area contributed by atoms with Gasteiger partial charge in [0, 0.05) is 12.4 Å². The van der Waals surface area contributed by atoms with Crippen molar-refractivity contribution in [1.82, 2.24) is 0 Å². The highest BCUT2D eigenvalue weighted by Crippen LogP contribution is 2.32. The van der Waals surface area contributed by atoms with Crippen molar-refractivity contribution in [3.63, 3.8) is 0 Å². The summed E-state index contributed by atoms with van der Waals surface area (Å²) >= 11 is 5.66. The third-order valence-corrected chi connectivity index (χ3v) is 3.61. The average molecular weight is 284 g/mol. The number of carbonyl (C=O) groups excluding carboxylic acids is 2. The van der Waals surface area contributed by atoms with Crippen molar-refractivity contribution in [2.24, 2.45) is 5.92 Å². The SMILES string of the molecule is CC(CCCl)CCN1C(=O)C(=O)c2cccc(F)c21. The zero-order valence-electron chi connectivity index (χ0n) is 10.7. The van der Waals surface area contributed by atoms with Crippen LogP contribution >= 0.6 is 11.6 Å². The molecule has 1 aromatic carbocycles. The van der Waals surface area contributed by atoms with Crippen molar-refractivity contribution in [3.8, 4) is 0 Å². The third kappa shape index (κ3) is 2.63. The number of hydrogen-bond donors (Lipinski definition) is 0. The van der Waals surface area contributed by atoms with Crippen molar-refractivity contribution in [3.05, 3.63) is 29.6 Å². The van der Waals surface area contributed by atoms with Gasteiger partial charge >= 0.3 is 0 Å². The highest BCUT2D eigenvalue weighted by Gasteiger charge is 2.37. The maximum atomic E-state index is 13.8. The first-order valence-electron chi connectivity index (χ1n) is 6.27. The molecule has 1 aliphatic heterocycles. The second-order valence-electron chi connectivity index (χ2n) is 4.79. The number of rotatable bonds is 5. The number of nitrogens with zero attached hydrogens (tertiary/aromatic N) is 1. The fourth-order valence-electron chi connectivity index (χ4n) is 2.21. The Morgan fingerprint density at radius 1 is 1.32 bits per heavy atom. The van der Waals surface area contributed by atoms with E-state index in [-0.39, 0.29) is 11.3 Å². The summed E-state index contributed by atoms with van der Waals surface area (Å²) in [6, 6.07) is 4.19. The monoisotopic (exact) mass is 283 g/mol. The van der Waals surface area contributed by atoms with Gasteiger partial charge in [0.05, 0.1) is 11.3 Å². The molecule has 0 aliphatic carbocycles. The highest BCUT2D eigenvalue weighted by atomic mass is 35.5. The molecule has 1 heterocycles. The standard InChI is InChI=1S/C14H15ClFNO2/c1-9(5-7-15)6-8-17-12-10(13(18)14(17)19)3-2-4-11(12)16/h2-4,9H,5-8H2,1H3. The van der Waals surface area contributed by atoms with E-state index < -0.39 is 17.5 Å². The van der Waals surface area contributed by atoms with Gasteiger partial charge in [-0.2, -0.15) is 0 Å². The zero-order chi connectivity index (χ0) is 14.0. The van der Waals surface area contributed by atoms with E-state index in [1.54, 1.807) is 0 Å². The molecule has 1 aliphatic rings. The Morgan fingerprint density at radius 2 is 2.05 bits per heavy atom. The Balaban J connectivity index is 2.19. The van der Waals surface area contributed by atoms with Crippen molar-refractivity contribution in [2.45, 2.75) is 19.8 Å². The molecular weight excluding hydrogens is 269 g/mol. The molecule has 0 saturated carbocycles. The first-order chi connectivity index (χ1) is 9.06. The number of benzene rings is 1. The minimum absolute atomic E-state index is 0.121. The van der Waals surface area contributed by atoms with Crippen LogP contribution in [-0.4, -0.2) is 24.1 Å². The van der Waals surface area contributed by atoms with Crippen LogP contribution in [0.3, 0.4) is 0 Å². The van der Waals surface area contributed by atoms with Crippen molar-refractivity contribution >= 4 is 29.0 Å². The van der Waals surface area contributed by atoms with Crippen LogP contribution in [0.5, 0.6) is 0 Å². The Morgan fingerprint density at radius 3 is 2.74 bits per heavy atom. The van der Waals surface area contributed by atoms with E-state index in [1.807, 2.05) is 6.92 Å². The van der Waals surface area contributed by atoms with E-state index >= 15 is 0 Å². The Kier molecular flexibility index (Phi) is 4.20. The summed E-state index contributed by atoms with van der Waals surface area (Å²) in [4.78, 5) is 24.9. The number of amides is 1. The van der Waals surface area contributed by atoms with Crippen molar-refractivity contribution in [1.29, 1.82) is 0 Å². The smallest absolute Gasteiger partial charge is 0.299 e. The summed E-state index contributed by atoms with van der Waals surface area (Å²) in [6.45, 7) is 2.36. The Labute approximate surface area is 116 Å². The summed E-state index contributed by atoms with van der Waals surface area (Å²) in [7, 11) is 0. The summed E-state index contributed by atoms with van der Waals surface area (Å²) in [6.07, 6.45) is 1.53. The van der Waals surface area contributed by atoms with Gasteiger partial charge < -0.3 is 4.90 Å². The van der Waals surface area contributed by atoms with Gasteiger partial charge in [-0.15, -0.1) is 11.6 Å². The van der Waals surface area contributed by atoms with Gasteiger partial charge in [0.2, 0.25) is 0 Å². The molecule has 2 rings (SSSR count). The van der Waals surface area contributed by atoms with Gasteiger partial charge in [0.25, 0.3) is 11.7 Å². The average Bonchev–Trinajstić information content (AvgIpc) is 2.62. The van der Waals surface area contributed by atoms with E-state index in [2.05, 4.69) is 0 Å². The molecule has 1 amide bonds. The van der Waals surface area contributed by atoms with Crippen LogP contribution in [0.15, 0.2) is 18.2 Å². The number of halogens is 2. The summed E-state index contributed by atoms with van der Waals surface area (Å²) in [5.74, 6) is -0.908. The van der Waals surface area contributed by atoms with Gasteiger partial charge in [-0.3, -0.25) is 9.59 Å². The second-order valence-corrected chi connectivity index (χ2v) is 5.17. The largest absolute Gasteiger partial charge is 0.302 e. The molecule has 0 bridgehead atoms. The van der Waals surface area contributed by atoms with Gasteiger partial charge in [-0.05, 0) is 30.9 Å². The van der Waals surface area contributed by atoms with Crippen LogP contribution in [0.1, 0.15) is 30.1 Å². The summed E-state index contributed by atoms with van der Waals surface area (Å²) < 4.78 is 13.8. The van der Waals surface area contributed by atoms with Gasteiger partial charge in [0.1, 0.15) is 5.82 Å². The summed E-state index contributed by atoms with van der Waals surface area (Å²) in [5.41, 5.74) is 0.283. The predicted molar refractivity (Wildman–Crippen MR) is 72.2 cm³/mol. The lowest BCUT2D eigenvalue weighted by atomic mass is 10.0. The van der Waals surface area contributed by atoms with Crippen LogP contribution in [0.4, 0.5) is 10.1 Å².